The van der Waals surface area contributed by atoms with Crippen LogP contribution in [0.2, 0.25) is 0 Å². The van der Waals surface area contributed by atoms with Crippen molar-refractivity contribution >= 4 is 28.7 Å². The minimum Gasteiger partial charge on any atom is -0.359 e. The molecule has 0 fully saturated rings. The van der Waals surface area contributed by atoms with E-state index in [-0.39, 0.29) is 5.91 Å². The molecule has 1 aromatic heterocycles. The molecule has 0 atom stereocenters. The second kappa shape index (κ2) is 5.88. The quantitative estimate of drug-likeness (QED) is 0.883. The lowest BCUT2D eigenvalue weighted by molar-refractivity contribution is -0.120. The van der Waals surface area contributed by atoms with Crippen LogP contribution in [-0.2, 0) is 11.3 Å². The lowest BCUT2D eigenvalue weighted by atomic mass is 10.2. The van der Waals surface area contributed by atoms with Gasteiger partial charge in [-0.1, -0.05) is 6.07 Å². The highest BCUT2D eigenvalue weighted by atomic mass is 32.1. The van der Waals surface area contributed by atoms with Gasteiger partial charge >= 0.3 is 0 Å². The van der Waals surface area contributed by atoms with E-state index >= 15 is 0 Å². The molecule has 1 aromatic carbocycles. The maximum Gasteiger partial charge on any atom is 0.221 e. The molecule has 96 valence electrons. The second-order valence-electron chi connectivity index (χ2n) is 4.25. The molecule has 0 bridgehead atoms. The molecule has 0 aliphatic rings. The molecule has 6 heteroatoms. The minimum absolute atomic E-state index is 0.0704. The number of hydrogen-bond acceptors (Lipinski definition) is 5. The number of nitrogens with zero attached hydrogens (tertiary/aromatic N) is 3. The van der Waals surface area contributed by atoms with Gasteiger partial charge < -0.3 is 10.2 Å². The van der Waals surface area contributed by atoms with Gasteiger partial charge in [-0.25, -0.2) is 0 Å². The van der Waals surface area contributed by atoms with Gasteiger partial charge in [-0.3, -0.25) is 4.79 Å². The Morgan fingerprint density at radius 2 is 2.17 bits per heavy atom. The smallest absolute Gasteiger partial charge is 0.221 e. The van der Waals surface area contributed by atoms with E-state index in [2.05, 4.69) is 31.1 Å². The van der Waals surface area contributed by atoms with Gasteiger partial charge in [-0.2, -0.15) is 8.75 Å². The van der Waals surface area contributed by atoms with Crippen LogP contribution in [0.25, 0.3) is 11.0 Å². The van der Waals surface area contributed by atoms with Crippen molar-refractivity contribution < 1.29 is 4.79 Å². The summed E-state index contributed by atoms with van der Waals surface area (Å²) in [5, 5.41) is 2.62. The Labute approximate surface area is 110 Å². The molecule has 0 spiro atoms. The first kappa shape index (κ1) is 12.9. The Balaban J connectivity index is 1.93. The fourth-order valence-corrected chi connectivity index (χ4v) is 2.25. The average Bonchev–Trinajstić information content (AvgIpc) is 2.83. The Bertz CT molecular complexity index is 540. The molecule has 1 N–H and O–H groups in total. The zero-order chi connectivity index (χ0) is 13.0. The van der Waals surface area contributed by atoms with E-state index in [4.69, 9.17) is 0 Å². The third-order valence-corrected chi connectivity index (χ3v) is 3.33. The van der Waals surface area contributed by atoms with E-state index in [0.717, 1.165) is 24.1 Å². The van der Waals surface area contributed by atoms with E-state index < -0.39 is 0 Å². The molecule has 0 aliphatic heterocycles. The first-order valence-electron chi connectivity index (χ1n) is 5.79. The van der Waals surface area contributed by atoms with Gasteiger partial charge in [0.05, 0.1) is 11.7 Å². The molecule has 0 saturated heterocycles. The molecule has 1 heterocycles. The first-order chi connectivity index (χ1) is 8.69. The maximum atomic E-state index is 11.2. The molecular weight excluding hydrogens is 248 g/mol. The molecule has 2 aromatic rings. The Kier molecular flexibility index (Phi) is 4.22. The summed E-state index contributed by atoms with van der Waals surface area (Å²) >= 11 is 1.23. The molecular formula is C12H16N4OS. The molecule has 5 nitrogen and oxygen atoms in total. The van der Waals surface area contributed by atoms with Gasteiger partial charge in [0.25, 0.3) is 0 Å². The first-order valence-corrected chi connectivity index (χ1v) is 6.52. The molecule has 18 heavy (non-hydrogen) atoms. The number of nitrogens with one attached hydrogen (secondary N) is 1. The van der Waals surface area contributed by atoms with E-state index in [1.807, 2.05) is 13.1 Å². The third-order valence-electron chi connectivity index (χ3n) is 2.77. The SMILES string of the molecule is CNC(=O)CCN(C)Cc1ccc2nsnc2c1. The van der Waals surface area contributed by atoms with Crippen molar-refractivity contribution in [2.24, 2.45) is 0 Å². The predicted octanol–water partition coefficient (Wildman–Crippen LogP) is 1.26. The van der Waals surface area contributed by atoms with Crippen molar-refractivity contribution in [3.05, 3.63) is 23.8 Å². The van der Waals surface area contributed by atoms with Crippen molar-refractivity contribution in [2.75, 3.05) is 20.6 Å². The monoisotopic (exact) mass is 264 g/mol. The van der Waals surface area contributed by atoms with Gasteiger partial charge in [0.1, 0.15) is 11.0 Å². The maximum absolute atomic E-state index is 11.2. The molecule has 2 rings (SSSR count). The highest BCUT2D eigenvalue weighted by Crippen LogP contribution is 2.14. The largest absolute Gasteiger partial charge is 0.359 e. The summed E-state index contributed by atoms with van der Waals surface area (Å²) in [6, 6.07) is 6.09. The van der Waals surface area contributed by atoms with E-state index in [0.29, 0.717) is 6.42 Å². The molecule has 0 unspecified atom stereocenters. The summed E-state index contributed by atoms with van der Waals surface area (Å²) in [7, 11) is 3.66. The predicted molar refractivity (Wildman–Crippen MR) is 72.4 cm³/mol. The van der Waals surface area contributed by atoms with Gasteiger partial charge in [-0.15, -0.1) is 0 Å². The van der Waals surface area contributed by atoms with Crippen molar-refractivity contribution in [3.8, 4) is 0 Å². The highest BCUT2D eigenvalue weighted by Gasteiger charge is 2.05. The van der Waals surface area contributed by atoms with Gasteiger partial charge in [0.2, 0.25) is 5.91 Å². The number of carbonyl (C=O) groups is 1. The van der Waals surface area contributed by atoms with E-state index in [1.165, 1.54) is 17.3 Å². The van der Waals surface area contributed by atoms with Crippen molar-refractivity contribution in [1.82, 2.24) is 19.0 Å². The van der Waals surface area contributed by atoms with Crippen molar-refractivity contribution in [3.63, 3.8) is 0 Å². The Hall–Kier alpha value is -1.53. The van der Waals surface area contributed by atoms with Gasteiger partial charge in [0, 0.05) is 26.6 Å². The normalized spacial score (nSPS) is 11.1. The lowest BCUT2D eigenvalue weighted by Crippen LogP contribution is -2.26. The number of benzene rings is 1. The number of fused-ring (bicyclic) bond motifs is 1. The Morgan fingerprint density at radius 1 is 1.39 bits per heavy atom. The van der Waals surface area contributed by atoms with Crippen LogP contribution in [0.1, 0.15) is 12.0 Å². The fraction of sp³-hybridized carbons (Fsp3) is 0.417. The lowest BCUT2D eigenvalue weighted by Gasteiger charge is -2.15. The zero-order valence-corrected chi connectivity index (χ0v) is 11.3. The molecule has 0 aliphatic carbocycles. The summed E-state index contributed by atoms with van der Waals surface area (Å²) in [5.74, 6) is 0.0704. The molecule has 1 amide bonds. The van der Waals surface area contributed by atoms with Crippen molar-refractivity contribution in [1.29, 1.82) is 0 Å². The summed E-state index contributed by atoms with van der Waals surface area (Å²) in [6.45, 7) is 1.55. The van der Waals surface area contributed by atoms with Crippen molar-refractivity contribution in [2.45, 2.75) is 13.0 Å². The summed E-state index contributed by atoms with van der Waals surface area (Å²) in [4.78, 5) is 13.3. The van der Waals surface area contributed by atoms with E-state index in [9.17, 15) is 4.79 Å². The van der Waals surface area contributed by atoms with Crippen LogP contribution in [0.3, 0.4) is 0 Å². The standard InChI is InChI=1S/C12H16N4OS/c1-13-12(17)5-6-16(2)8-9-3-4-10-11(7-9)15-18-14-10/h3-4,7H,5-6,8H2,1-2H3,(H,13,17). The average molecular weight is 264 g/mol. The van der Waals surface area contributed by atoms with Crippen LogP contribution < -0.4 is 5.32 Å². The summed E-state index contributed by atoms with van der Waals surface area (Å²) in [6.07, 6.45) is 0.521. The highest BCUT2D eigenvalue weighted by molar-refractivity contribution is 7.00. The van der Waals surface area contributed by atoms with Gasteiger partial charge in [-0.05, 0) is 24.7 Å². The number of hydrogen-bond donors (Lipinski definition) is 1. The minimum atomic E-state index is 0.0704. The van der Waals surface area contributed by atoms with Crippen LogP contribution in [0.4, 0.5) is 0 Å². The number of rotatable bonds is 5. The van der Waals surface area contributed by atoms with Gasteiger partial charge in [0.15, 0.2) is 0 Å². The second-order valence-corrected chi connectivity index (χ2v) is 4.78. The molecule has 0 saturated carbocycles. The van der Waals surface area contributed by atoms with Crippen LogP contribution in [0, 0.1) is 0 Å². The summed E-state index contributed by atoms with van der Waals surface area (Å²) < 4.78 is 8.40. The number of aromatic nitrogens is 2. The third kappa shape index (κ3) is 3.24. The zero-order valence-electron chi connectivity index (χ0n) is 10.5. The number of amides is 1. The van der Waals surface area contributed by atoms with Crippen LogP contribution in [0.15, 0.2) is 18.2 Å². The summed E-state index contributed by atoms with van der Waals surface area (Å²) in [5.41, 5.74) is 3.07. The molecule has 0 radical (unpaired) electrons. The number of carbonyl (C=O) groups excluding carboxylic acids is 1. The topological polar surface area (TPSA) is 58.1 Å². The fourth-order valence-electron chi connectivity index (χ4n) is 1.73. The van der Waals surface area contributed by atoms with Crippen LogP contribution >= 0.6 is 11.7 Å². The van der Waals surface area contributed by atoms with Crippen LogP contribution in [0.5, 0.6) is 0 Å². The Morgan fingerprint density at radius 3 is 2.94 bits per heavy atom. The van der Waals surface area contributed by atoms with Crippen LogP contribution in [-0.4, -0.2) is 40.2 Å². The van der Waals surface area contributed by atoms with E-state index in [1.54, 1.807) is 7.05 Å².